The second-order valence-corrected chi connectivity index (χ2v) is 11.4. The van der Waals surface area contributed by atoms with Crippen molar-refractivity contribution in [1.82, 2.24) is 9.62 Å². The van der Waals surface area contributed by atoms with Crippen LogP contribution in [0.5, 0.6) is 5.75 Å². The lowest BCUT2D eigenvalue weighted by Crippen LogP contribution is -2.47. The second kappa shape index (κ2) is 10.0. The minimum atomic E-state index is -3.81. The highest BCUT2D eigenvalue weighted by Gasteiger charge is 2.36. The van der Waals surface area contributed by atoms with Gasteiger partial charge in [-0.2, -0.15) is 4.31 Å². The molecule has 33 heavy (non-hydrogen) atoms. The molecule has 2 amide bonds. The first-order valence-electron chi connectivity index (χ1n) is 12.2. The molecule has 0 aromatic heterocycles. The average molecular weight is 478 g/mol. The quantitative estimate of drug-likeness (QED) is 0.633. The van der Waals surface area contributed by atoms with Crippen molar-refractivity contribution < 1.29 is 22.7 Å². The third-order valence-electron chi connectivity index (χ3n) is 7.04. The molecule has 1 aromatic rings. The summed E-state index contributed by atoms with van der Waals surface area (Å²) in [6, 6.07) is 3.36. The molecular weight excluding hydrogens is 442 g/mol. The van der Waals surface area contributed by atoms with Gasteiger partial charge in [-0.15, -0.1) is 0 Å². The highest BCUT2D eigenvalue weighted by Crippen LogP contribution is 2.36. The minimum absolute atomic E-state index is 0.0270. The van der Waals surface area contributed by atoms with Crippen molar-refractivity contribution in [3.63, 3.8) is 0 Å². The van der Waals surface area contributed by atoms with E-state index in [1.807, 2.05) is 6.92 Å². The first-order chi connectivity index (χ1) is 15.8. The van der Waals surface area contributed by atoms with E-state index in [0.717, 1.165) is 25.7 Å². The van der Waals surface area contributed by atoms with Crippen LogP contribution in [-0.2, 0) is 19.6 Å². The first-order valence-corrected chi connectivity index (χ1v) is 13.7. The highest BCUT2D eigenvalue weighted by molar-refractivity contribution is 7.89. The molecular formula is C24H35N3O5S. The summed E-state index contributed by atoms with van der Waals surface area (Å²) >= 11 is 0. The number of rotatable bonds is 5. The fraction of sp³-hybridized carbons (Fsp3) is 0.667. The van der Waals surface area contributed by atoms with Crippen molar-refractivity contribution in [2.24, 2.45) is 5.92 Å². The number of nitrogens with zero attached hydrogens (tertiary/aromatic N) is 1. The molecule has 0 bridgehead atoms. The lowest BCUT2D eigenvalue weighted by Gasteiger charge is -2.33. The van der Waals surface area contributed by atoms with Gasteiger partial charge in [0.25, 0.3) is 5.91 Å². The van der Waals surface area contributed by atoms with Crippen molar-refractivity contribution in [1.29, 1.82) is 0 Å². The van der Waals surface area contributed by atoms with Crippen LogP contribution in [0.1, 0.15) is 70.3 Å². The Balaban J connectivity index is 1.50. The van der Waals surface area contributed by atoms with Gasteiger partial charge in [0.1, 0.15) is 5.75 Å². The first kappa shape index (κ1) is 24.0. The van der Waals surface area contributed by atoms with Crippen molar-refractivity contribution in [2.45, 2.75) is 88.7 Å². The number of carbonyl (C=O) groups is 2. The van der Waals surface area contributed by atoms with Crippen LogP contribution in [0.25, 0.3) is 0 Å². The van der Waals surface area contributed by atoms with Crippen molar-refractivity contribution in [3.8, 4) is 5.75 Å². The molecule has 0 spiro atoms. The molecule has 182 valence electrons. The Kier molecular flexibility index (Phi) is 7.28. The minimum Gasteiger partial charge on any atom is -0.478 e. The van der Waals surface area contributed by atoms with E-state index < -0.39 is 16.1 Å². The van der Waals surface area contributed by atoms with Gasteiger partial charge in [-0.25, -0.2) is 8.42 Å². The van der Waals surface area contributed by atoms with Crippen molar-refractivity contribution in [3.05, 3.63) is 17.7 Å². The smallest absolute Gasteiger partial charge is 0.265 e. The molecule has 2 heterocycles. The Hall–Kier alpha value is -2.13. The summed E-state index contributed by atoms with van der Waals surface area (Å²) in [6.07, 6.45) is 7.91. The molecule has 2 aliphatic heterocycles. The van der Waals surface area contributed by atoms with E-state index in [2.05, 4.69) is 10.6 Å². The molecule has 1 saturated carbocycles. The summed E-state index contributed by atoms with van der Waals surface area (Å²) < 4.78 is 34.3. The fourth-order valence-corrected chi connectivity index (χ4v) is 6.83. The van der Waals surface area contributed by atoms with E-state index in [9.17, 15) is 18.0 Å². The summed E-state index contributed by atoms with van der Waals surface area (Å²) in [5.74, 6) is -0.223. The largest absolute Gasteiger partial charge is 0.478 e. The van der Waals surface area contributed by atoms with Gasteiger partial charge in [0.2, 0.25) is 15.9 Å². The fourth-order valence-electron chi connectivity index (χ4n) is 5.09. The number of hydrogen-bond donors (Lipinski definition) is 2. The Morgan fingerprint density at radius 2 is 1.88 bits per heavy atom. The van der Waals surface area contributed by atoms with E-state index in [1.165, 1.54) is 23.2 Å². The van der Waals surface area contributed by atoms with Gasteiger partial charge in [-0.05, 0) is 50.7 Å². The second-order valence-electron chi connectivity index (χ2n) is 9.52. The van der Waals surface area contributed by atoms with Gasteiger partial charge in [0.15, 0.2) is 6.10 Å². The molecule has 2 N–H and O–H groups in total. The summed E-state index contributed by atoms with van der Waals surface area (Å²) in [7, 11) is -3.81. The third-order valence-corrected chi connectivity index (χ3v) is 9.05. The van der Waals surface area contributed by atoms with E-state index >= 15 is 0 Å². The van der Waals surface area contributed by atoms with Crippen LogP contribution in [0.4, 0.5) is 5.69 Å². The standard InChI is InChI=1S/C24H35N3O5S/c1-3-20-24(29)26-19-13-16(2)22(14-21(19)32-20)33(30,31)27-12-8-9-17(15-27)23(28)25-18-10-6-4-5-7-11-18/h13-14,17-18,20H,3-12,15H2,1-2H3,(H,25,28)(H,26,29). The lowest BCUT2D eigenvalue weighted by molar-refractivity contribution is -0.127. The van der Waals surface area contributed by atoms with Gasteiger partial charge < -0.3 is 15.4 Å². The maximum Gasteiger partial charge on any atom is 0.265 e. The van der Waals surface area contributed by atoms with Gasteiger partial charge >= 0.3 is 0 Å². The molecule has 1 aliphatic carbocycles. The Morgan fingerprint density at radius 1 is 1.15 bits per heavy atom. The SMILES string of the molecule is CCC1Oc2cc(S(=O)(=O)N3CCCC(C(=O)NC4CCCCCC4)C3)c(C)cc2NC1=O. The number of aryl methyl sites for hydroxylation is 1. The maximum absolute atomic E-state index is 13.6. The number of amides is 2. The van der Waals surface area contributed by atoms with Crippen LogP contribution in [0.3, 0.4) is 0 Å². The van der Waals surface area contributed by atoms with Crippen LogP contribution >= 0.6 is 0 Å². The molecule has 2 atom stereocenters. The predicted molar refractivity (Wildman–Crippen MR) is 126 cm³/mol. The van der Waals surface area contributed by atoms with Crippen molar-refractivity contribution in [2.75, 3.05) is 18.4 Å². The van der Waals surface area contributed by atoms with Crippen LogP contribution in [0.15, 0.2) is 17.0 Å². The summed E-state index contributed by atoms with van der Waals surface area (Å²) in [5.41, 5.74) is 1.03. The number of carbonyl (C=O) groups excluding carboxylic acids is 2. The Labute approximate surface area is 196 Å². The van der Waals surface area contributed by atoms with Gasteiger partial charge in [-0.3, -0.25) is 9.59 Å². The average Bonchev–Trinajstić information content (AvgIpc) is 3.07. The zero-order valence-corrected chi connectivity index (χ0v) is 20.4. The lowest BCUT2D eigenvalue weighted by atomic mass is 9.97. The highest BCUT2D eigenvalue weighted by atomic mass is 32.2. The van der Waals surface area contributed by atoms with Crippen LogP contribution in [0.2, 0.25) is 0 Å². The number of benzene rings is 1. The predicted octanol–water partition coefficient (Wildman–Crippen LogP) is 3.34. The number of fused-ring (bicyclic) bond motifs is 1. The zero-order valence-electron chi connectivity index (χ0n) is 19.6. The number of sulfonamides is 1. The molecule has 1 saturated heterocycles. The zero-order chi connectivity index (χ0) is 23.6. The normalized spacial score (nSPS) is 24.8. The molecule has 0 radical (unpaired) electrons. The Bertz CT molecular complexity index is 1000. The van der Waals surface area contributed by atoms with E-state index in [1.54, 1.807) is 13.0 Å². The molecule has 8 nitrogen and oxygen atoms in total. The molecule has 3 aliphatic rings. The number of ether oxygens (including phenoxy) is 1. The van der Waals surface area contributed by atoms with E-state index in [-0.39, 0.29) is 35.2 Å². The summed E-state index contributed by atoms with van der Waals surface area (Å²) in [4.78, 5) is 25.2. The topological polar surface area (TPSA) is 105 Å². The molecule has 2 fully saturated rings. The van der Waals surface area contributed by atoms with E-state index in [4.69, 9.17) is 4.74 Å². The summed E-state index contributed by atoms with van der Waals surface area (Å²) in [5, 5.41) is 5.99. The van der Waals surface area contributed by atoms with Crippen LogP contribution < -0.4 is 15.4 Å². The van der Waals surface area contributed by atoms with E-state index in [0.29, 0.717) is 42.8 Å². The van der Waals surface area contributed by atoms with Gasteiger partial charge in [-0.1, -0.05) is 32.6 Å². The van der Waals surface area contributed by atoms with Crippen molar-refractivity contribution >= 4 is 27.5 Å². The molecule has 4 rings (SSSR count). The molecule has 1 aromatic carbocycles. The van der Waals surface area contributed by atoms with Gasteiger partial charge in [0.05, 0.1) is 16.5 Å². The van der Waals surface area contributed by atoms with Crippen LogP contribution in [0, 0.1) is 12.8 Å². The number of nitrogens with one attached hydrogen (secondary N) is 2. The molecule has 2 unspecified atom stereocenters. The number of hydrogen-bond acceptors (Lipinski definition) is 5. The number of anilines is 1. The summed E-state index contributed by atoms with van der Waals surface area (Å²) in [6.45, 7) is 4.13. The Morgan fingerprint density at radius 3 is 2.58 bits per heavy atom. The monoisotopic (exact) mass is 477 g/mol. The third kappa shape index (κ3) is 5.19. The maximum atomic E-state index is 13.6. The van der Waals surface area contributed by atoms with Gasteiger partial charge in [0, 0.05) is 25.2 Å². The number of piperidine rings is 1. The van der Waals surface area contributed by atoms with Crippen LogP contribution in [-0.4, -0.2) is 49.8 Å². The molecule has 9 heteroatoms.